The third-order valence-electron chi connectivity index (χ3n) is 3.73. The third-order valence-corrected chi connectivity index (χ3v) is 5.36. The number of halogens is 1. The highest BCUT2D eigenvalue weighted by Gasteiger charge is 2.27. The summed E-state index contributed by atoms with van der Waals surface area (Å²) in [7, 11) is 0. The van der Waals surface area contributed by atoms with E-state index >= 15 is 0 Å². The van der Waals surface area contributed by atoms with Crippen LogP contribution in [0.1, 0.15) is 44.9 Å². The van der Waals surface area contributed by atoms with Crippen molar-refractivity contribution in [3.8, 4) is 0 Å². The van der Waals surface area contributed by atoms with Gasteiger partial charge in [0.2, 0.25) is 0 Å². The Balaban J connectivity index is 1.74. The van der Waals surface area contributed by atoms with Crippen molar-refractivity contribution in [1.82, 2.24) is 10.6 Å². The van der Waals surface area contributed by atoms with Crippen LogP contribution in [0.3, 0.4) is 0 Å². The Morgan fingerprint density at radius 3 is 2.82 bits per heavy atom. The van der Waals surface area contributed by atoms with E-state index in [4.69, 9.17) is 4.74 Å². The van der Waals surface area contributed by atoms with E-state index in [1.54, 1.807) is 11.3 Å². The minimum atomic E-state index is -0.441. The Bertz CT molecular complexity index is 499. The fourth-order valence-electron chi connectivity index (χ4n) is 2.76. The van der Waals surface area contributed by atoms with E-state index in [1.165, 1.54) is 21.5 Å². The lowest BCUT2D eigenvalue weighted by molar-refractivity contribution is 0.0517. The van der Waals surface area contributed by atoms with E-state index < -0.39 is 5.60 Å². The minimum absolute atomic E-state index is 0.319. The molecule has 0 radical (unpaired) electrons. The van der Waals surface area contributed by atoms with Crippen LogP contribution >= 0.6 is 27.3 Å². The van der Waals surface area contributed by atoms with Gasteiger partial charge in [0.05, 0.1) is 3.79 Å². The Morgan fingerprint density at radius 2 is 2.18 bits per heavy atom. The van der Waals surface area contributed by atoms with Gasteiger partial charge in [-0.25, -0.2) is 4.79 Å². The van der Waals surface area contributed by atoms with Crippen LogP contribution < -0.4 is 10.6 Å². The van der Waals surface area contributed by atoms with Crippen molar-refractivity contribution in [2.24, 2.45) is 5.92 Å². The molecule has 1 fully saturated rings. The van der Waals surface area contributed by atoms with Crippen molar-refractivity contribution in [2.45, 2.75) is 58.2 Å². The molecule has 1 aromatic rings. The van der Waals surface area contributed by atoms with Crippen molar-refractivity contribution in [2.75, 3.05) is 6.54 Å². The minimum Gasteiger partial charge on any atom is -0.444 e. The molecule has 1 heterocycles. The van der Waals surface area contributed by atoms with E-state index in [0.29, 0.717) is 18.5 Å². The van der Waals surface area contributed by atoms with Crippen LogP contribution in [-0.2, 0) is 11.3 Å². The summed E-state index contributed by atoms with van der Waals surface area (Å²) in [6.45, 7) is 7.22. The molecule has 0 aliphatic heterocycles. The molecule has 0 spiro atoms. The van der Waals surface area contributed by atoms with Gasteiger partial charge in [-0.1, -0.05) is 6.42 Å². The molecule has 1 aromatic heterocycles. The lowest BCUT2D eigenvalue weighted by Crippen LogP contribution is -2.40. The zero-order valence-corrected chi connectivity index (χ0v) is 15.9. The average Bonchev–Trinajstić information content (AvgIpc) is 3.00. The summed E-state index contributed by atoms with van der Waals surface area (Å²) in [4.78, 5) is 13.1. The fraction of sp³-hybridized carbons (Fsp3) is 0.688. The first-order valence-corrected chi connectivity index (χ1v) is 9.39. The Hall–Kier alpha value is -0.590. The number of hydrogen-bond acceptors (Lipinski definition) is 4. The van der Waals surface area contributed by atoms with E-state index in [-0.39, 0.29) is 6.09 Å². The van der Waals surface area contributed by atoms with Crippen molar-refractivity contribution in [1.29, 1.82) is 0 Å². The number of carbonyl (C=O) groups excluding carboxylic acids is 1. The lowest BCUT2D eigenvalue weighted by atomic mass is 10.0. The van der Waals surface area contributed by atoms with Gasteiger partial charge in [-0.15, -0.1) is 11.3 Å². The van der Waals surface area contributed by atoms with Crippen LogP contribution in [0, 0.1) is 5.92 Å². The normalized spacial score (nSPS) is 21.8. The van der Waals surface area contributed by atoms with Gasteiger partial charge in [0.15, 0.2) is 0 Å². The van der Waals surface area contributed by atoms with Crippen LogP contribution in [-0.4, -0.2) is 24.3 Å². The predicted molar refractivity (Wildman–Crippen MR) is 94.2 cm³/mol. The Kier molecular flexibility index (Phi) is 6.29. The molecule has 4 nitrogen and oxygen atoms in total. The molecule has 2 unspecified atom stereocenters. The summed E-state index contributed by atoms with van der Waals surface area (Å²) in [5.74, 6) is 0.482. The molecule has 0 aromatic carbocycles. The maximum atomic E-state index is 11.7. The van der Waals surface area contributed by atoms with Crippen molar-refractivity contribution in [3.63, 3.8) is 0 Å². The summed E-state index contributed by atoms with van der Waals surface area (Å²) in [6, 6.07) is 4.69. The molecule has 1 saturated carbocycles. The number of alkyl carbamates (subject to hydrolysis) is 1. The monoisotopic (exact) mass is 388 g/mol. The molecular formula is C16H25BrN2O2S. The van der Waals surface area contributed by atoms with Crippen LogP contribution in [0.25, 0.3) is 0 Å². The van der Waals surface area contributed by atoms with Gasteiger partial charge in [-0.3, -0.25) is 0 Å². The molecule has 1 aliphatic carbocycles. The number of nitrogens with one attached hydrogen (secondary N) is 2. The zero-order chi connectivity index (χ0) is 16.2. The van der Waals surface area contributed by atoms with E-state index in [9.17, 15) is 4.79 Å². The molecule has 6 heteroatoms. The molecule has 2 atom stereocenters. The molecule has 2 rings (SSSR count). The fourth-order valence-corrected chi connectivity index (χ4v) is 4.19. The van der Waals surface area contributed by atoms with Crippen molar-refractivity contribution in [3.05, 3.63) is 20.8 Å². The summed E-state index contributed by atoms with van der Waals surface area (Å²) in [5.41, 5.74) is -0.441. The molecule has 1 aliphatic rings. The number of carbonyl (C=O) groups is 1. The topological polar surface area (TPSA) is 50.4 Å². The van der Waals surface area contributed by atoms with Crippen molar-refractivity contribution >= 4 is 33.4 Å². The van der Waals surface area contributed by atoms with E-state index in [2.05, 4.69) is 38.7 Å². The molecule has 0 bridgehead atoms. The number of thiophene rings is 1. The van der Waals surface area contributed by atoms with Gasteiger partial charge in [0.25, 0.3) is 0 Å². The van der Waals surface area contributed by atoms with Crippen LogP contribution in [0.2, 0.25) is 0 Å². The molecular weight excluding hydrogens is 364 g/mol. The second kappa shape index (κ2) is 7.79. The van der Waals surface area contributed by atoms with Gasteiger partial charge in [-0.2, -0.15) is 0 Å². The Labute approximate surface area is 145 Å². The summed E-state index contributed by atoms with van der Waals surface area (Å²) >= 11 is 5.25. The number of amides is 1. The van der Waals surface area contributed by atoms with Gasteiger partial charge >= 0.3 is 6.09 Å². The van der Waals surface area contributed by atoms with Crippen molar-refractivity contribution < 1.29 is 9.53 Å². The standard InChI is InChI=1S/C16H25BrN2O2S/c1-16(2,3)21-15(20)19-9-11-5-4-6-13(11)18-10-12-7-8-14(17)22-12/h7-8,11,13,18H,4-6,9-10H2,1-3H3,(H,19,20). The van der Waals surface area contributed by atoms with E-state index in [0.717, 1.165) is 13.0 Å². The quantitative estimate of drug-likeness (QED) is 0.790. The zero-order valence-electron chi connectivity index (χ0n) is 13.4. The molecule has 2 N–H and O–H groups in total. The summed E-state index contributed by atoms with van der Waals surface area (Å²) < 4.78 is 6.46. The van der Waals surface area contributed by atoms with Crippen LogP contribution in [0.4, 0.5) is 4.79 Å². The summed E-state index contributed by atoms with van der Waals surface area (Å²) in [6.07, 6.45) is 3.22. The Morgan fingerprint density at radius 1 is 1.41 bits per heavy atom. The highest BCUT2D eigenvalue weighted by molar-refractivity contribution is 9.11. The van der Waals surface area contributed by atoms with E-state index in [1.807, 2.05) is 20.8 Å². The first-order valence-electron chi connectivity index (χ1n) is 7.78. The third kappa shape index (κ3) is 5.89. The first kappa shape index (κ1) is 17.8. The number of ether oxygens (including phenoxy) is 1. The maximum absolute atomic E-state index is 11.7. The van der Waals surface area contributed by atoms with Gasteiger partial charge in [0, 0.05) is 24.0 Å². The summed E-state index contributed by atoms with van der Waals surface area (Å²) in [5, 5.41) is 6.54. The largest absolute Gasteiger partial charge is 0.444 e. The highest BCUT2D eigenvalue weighted by atomic mass is 79.9. The number of rotatable bonds is 5. The molecule has 124 valence electrons. The second-order valence-corrected chi connectivity index (χ2v) is 9.31. The average molecular weight is 389 g/mol. The lowest BCUT2D eigenvalue weighted by Gasteiger charge is -2.23. The van der Waals surface area contributed by atoms with Crippen LogP contribution in [0.5, 0.6) is 0 Å². The smallest absolute Gasteiger partial charge is 0.407 e. The van der Waals surface area contributed by atoms with Gasteiger partial charge in [0.1, 0.15) is 5.60 Å². The predicted octanol–water partition coefficient (Wildman–Crippen LogP) is 4.29. The number of hydrogen-bond donors (Lipinski definition) is 2. The second-order valence-electron chi connectivity index (χ2n) is 6.77. The highest BCUT2D eigenvalue weighted by Crippen LogP contribution is 2.27. The first-order chi connectivity index (χ1) is 10.3. The molecule has 1 amide bonds. The molecule has 22 heavy (non-hydrogen) atoms. The SMILES string of the molecule is CC(C)(C)OC(=O)NCC1CCCC1NCc1ccc(Br)s1. The van der Waals surface area contributed by atoms with Crippen LogP contribution in [0.15, 0.2) is 15.9 Å². The van der Waals surface area contributed by atoms with Gasteiger partial charge < -0.3 is 15.4 Å². The maximum Gasteiger partial charge on any atom is 0.407 e. The molecule has 0 saturated heterocycles. The van der Waals surface area contributed by atoms with Gasteiger partial charge in [-0.05, 0) is 67.6 Å².